The van der Waals surface area contributed by atoms with Gasteiger partial charge in [0.1, 0.15) is 17.7 Å². The van der Waals surface area contributed by atoms with Gasteiger partial charge in [-0.05, 0) is 23.8 Å². The summed E-state index contributed by atoms with van der Waals surface area (Å²) in [6.45, 7) is 0. The van der Waals surface area contributed by atoms with Gasteiger partial charge in [0.15, 0.2) is 11.5 Å². The van der Waals surface area contributed by atoms with Crippen LogP contribution in [0.2, 0.25) is 5.02 Å². The fraction of sp³-hybridized carbons (Fsp3) is 0.167. The van der Waals surface area contributed by atoms with E-state index in [1.165, 1.54) is 20.3 Å². The molecule has 0 saturated heterocycles. The lowest BCUT2D eigenvalue weighted by Gasteiger charge is -2.10. The number of nitrogens with zero attached hydrogens (tertiary/aromatic N) is 2. The first kappa shape index (κ1) is 12.9. The Kier molecular flexibility index (Phi) is 4.39. The molecule has 0 aliphatic carbocycles. The summed E-state index contributed by atoms with van der Waals surface area (Å²) in [4.78, 5) is 0. The summed E-state index contributed by atoms with van der Waals surface area (Å²) in [7, 11) is 2.96. The van der Waals surface area contributed by atoms with Gasteiger partial charge in [0.2, 0.25) is 0 Å². The molecule has 86 valence electrons. The van der Waals surface area contributed by atoms with Crippen LogP contribution in [0.15, 0.2) is 17.7 Å². The molecule has 0 saturated carbocycles. The van der Waals surface area contributed by atoms with Crippen molar-refractivity contribution < 1.29 is 9.47 Å². The van der Waals surface area contributed by atoms with Crippen LogP contribution in [0.3, 0.4) is 0 Å². The molecule has 1 aromatic rings. The van der Waals surface area contributed by atoms with Crippen molar-refractivity contribution in [1.29, 1.82) is 10.5 Å². The van der Waals surface area contributed by atoms with E-state index in [1.54, 1.807) is 24.3 Å². The number of rotatable bonds is 3. The molecule has 17 heavy (non-hydrogen) atoms. The molecule has 0 aliphatic rings. The molecule has 0 heterocycles. The average molecular weight is 249 g/mol. The number of hydrogen-bond acceptors (Lipinski definition) is 4. The predicted octanol–water partition coefficient (Wildman–Crippen LogP) is 2.79. The van der Waals surface area contributed by atoms with Crippen LogP contribution in [-0.2, 0) is 0 Å². The Morgan fingerprint density at radius 1 is 1.24 bits per heavy atom. The largest absolute Gasteiger partial charge is 0.493 e. The summed E-state index contributed by atoms with van der Waals surface area (Å²) < 4.78 is 10.2. The summed E-state index contributed by atoms with van der Waals surface area (Å²) in [6.07, 6.45) is 1.39. The minimum Gasteiger partial charge on any atom is -0.493 e. The third-order valence-corrected chi connectivity index (χ3v) is 2.45. The van der Waals surface area contributed by atoms with E-state index < -0.39 is 0 Å². The summed E-state index contributed by atoms with van der Waals surface area (Å²) in [5.74, 6) is 0.864. The van der Waals surface area contributed by atoms with Gasteiger partial charge in [-0.15, -0.1) is 0 Å². The van der Waals surface area contributed by atoms with E-state index in [2.05, 4.69) is 0 Å². The molecule has 0 aliphatic heterocycles. The van der Waals surface area contributed by atoms with Crippen molar-refractivity contribution in [3.63, 3.8) is 0 Å². The number of methoxy groups -OCH3 is 2. The number of ether oxygens (including phenoxy) is 2. The van der Waals surface area contributed by atoms with Crippen molar-refractivity contribution in [2.45, 2.75) is 0 Å². The predicted molar refractivity (Wildman–Crippen MR) is 63.8 cm³/mol. The van der Waals surface area contributed by atoms with Gasteiger partial charge in [-0.2, -0.15) is 10.5 Å². The molecule has 1 rings (SSSR count). The molecule has 0 unspecified atom stereocenters. The van der Waals surface area contributed by atoms with Crippen molar-refractivity contribution in [2.24, 2.45) is 0 Å². The first-order valence-corrected chi connectivity index (χ1v) is 4.98. The molecular formula is C12H9ClN2O2. The minimum absolute atomic E-state index is 0.0286. The minimum atomic E-state index is -0.0286. The van der Waals surface area contributed by atoms with Gasteiger partial charge in [-0.1, -0.05) is 11.6 Å². The van der Waals surface area contributed by atoms with E-state index in [0.29, 0.717) is 22.1 Å². The molecule has 0 bridgehead atoms. The third kappa shape index (κ3) is 2.69. The summed E-state index contributed by atoms with van der Waals surface area (Å²) in [5, 5.41) is 17.6. The van der Waals surface area contributed by atoms with E-state index in [1.807, 2.05) is 0 Å². The molecule has 0 spiro atoms. The number of hydrogen-bond donors (Lipinski definition) is 0. The van der Waals surface area contributed by atoms with Crippen LogP contribution in [0, 0.1) is 22.7 Å². The normalized spacial score (nSPS) is 8.76. The molecular weight excluding hydrogens is 240 g/mol. The van der Waals surface area contributed by atoms with E-state index in [4.69, 9.17) is 31.6 Å². The monoisotopic (exact) mass is 248 g/mol. The number of benzene rings is 1. The fourth-order valence-electron chi connectivity index (χ4n) is 1.26. The Hall–Kier alpha value is -2.17. The summed E-state index contributed by atoms with van der Waals surface area (Å²) in [6, 6.07) is 6.83. The second-order valence-electron chi connectivity index (χ2n) is 2.99. The average Bonchev–Trinajstić information content (AvgIpc) is 2.37. The summed E-state index contributed by atoms with van der Waals surface area (Å²) in [5.41, 5.74) is 0.501. The highest BCUT2D eigenvalue weighted by atomic mass is 35.5. The summed E-state index contributed by atoms with van der Waals surface area (Å²) >= 11 is 6.08. The van der Waals surface area contributed by atoms with Crippen LogP contribution in [-0.4, -0.2) is 14.2 Å². The Morgan fingerprint density at radius 2 is 1.88 bits per heavy atom. The molecule has 4 nitrogen and oxygen atoms in total. The first-order chi connectivity index (χ1) is 8.17. The highest BCUT2D eigenvalue weighted by Gasteiger charge is 2.12. The van der Waals surface area contributed by atoms with Gasteiger partial charge in [0.05, 0.1) is 19.2 Å². The molecule has 0 amide bonds. The Bertz CT molecular complexity index is 523. The highest BCUT2D eigenvalue weighted by Crippen LogP contribution is 2.37. The molecule has 5 heteroatoms. The van der Waals surface area contributed by atoms with Crippen LogP contribution >= 0.6 is 11.6 Å². The Balaban J connectivity index is 3.36. The van der Waals surface area contributed by atoms with E-state index in [0.717, 1.165) is 0 Å². The van der Waals surface area contributed by atoms with Gasteiger partial charge >= 0.3 is 0 Å². The molecule has 0 radical (unpaired) electrons. The molecule has 0 atom stereocenters. The second-order valence-corrected chi connectivity index (χ2v) is 3.36. The highest BCUT2D eigenvalue weighted by molar-refractivity contribution is 6.33. The Labute approximate surface area is 104 Å². The third-order valence-electron chi connectivity index (χ3n) is 2.06. The van der Waals surface area contributed by atoms with Crippen molar-refractivity contribution in [2.75, 3.05) is 14.2 Å². The van der Waals surface area contributed by atoms with Crippen LogP contribution in [0.25, 0.3) is 6.08 Å². The van der Waals surface area contributed by atoms with Crippen molar-refractivity contribution in [3.8, 4) is 23.6 Å². The van der Waals surface area contributed by atoms with Crippen LogP contribution in [0.4, 0.5) is 0 Å². The van der Waals surface area contributed by atoms with Crippen molar-refractivity contribution in [3.05, 3.63) is 28.3 Å². The maximum Gasteiger partial charge on any atom is 0.179 e. The molecule has 0 N–H and O–H groups in total. The maximum atomic E-state index is 8.67. The van der Waals surface area contributed by atoms with Gasteiger partial charge in [0.25, 0.3) is 0 Å². The topological polar surface area (TPSA) is 66.0 Å². The van der Waals surface area contributed by atoms with Crippen LogP contribution in [0.1, 0.15) is 5.56 Å². The van der Waals surface area contributed by atoms with Gasteiger partial charge in [-0.3, -0.25) is 0 Å². The zero-order chi connectivity index (χ0) is 12.8. The molecule has 0 fully saturated rings. The lowest BCUT2D eigenvalue weighted by atomic mass is 10.1. The van der Waals surface area contributed by atoms with Crippen molar-refractivity contribution >= 4 is 17.7 Å². The number of halogens is 1. The molecule has 0 aromatic heterocycles. The van der Waals surface area contributed by atoms with Gasteiger partial charge < -0.3 is 9.47 Å². The zero-order valence-corrected chi connectivity index (χ0v) is 10.1. The number of nitriles is 2. The fourth-order valence-corrected chi connectivity index (χ4v) is 1.55. The van der Waals surface area contributed by atoms with Crippen LogP contribution < -0.4 is 9.47 Å². The van der Waals surface area contributed by atoms with E-state index in [-0.39, 0.29) is 5.57 Å². The second kappa shape index (κ2) is 5.79. The zero-order valence-electron chi connectivity index (χ0n) is 9.32. The quantitative estimate of drug-likeness (QED) is 0.772. The SMILES string of the molecule is COc1ccc(C=C(C#N)C#N)c(Cl)c1OC. The van der Waals surface area contributed by atoms with Crippen LogP contribution in [0.5, 0.6) is 11.5 Å². The molecule has 1 aromatic carbocycles. The smallest absolute Gasteiger partial charge is 0.179 e. The standard InChI is InChI=1S/C12H9ClN2O2/c1-16-10-4-3-9(5-8(6-14)7-15)11(13)12(10)17-2/h3-5H,1-2H3. The van der Waals surface area contributed by atoms with Gasteiger partial charge in [0, 0.05) is 0 Å². The lowest BCUT2D eigenvalue weighted by molar-refractivity contribution is 0.355. The van der Waals surface area contributed by atoms with E-state index >= 15 is 0 Å². The van der Waals surface area contributed by atoms with Gasteiger partial charge in [-0.25, -0.2) is 0 Å². The van der Waals surface area contributed by atoms with E-state index in [9.17, 15) is 0 Å². The maximum absolute atomic E-state index is 8.67. The Morgan fingerprint density at radius 3 is 2.35 bits per heavy atom. The lowest BCUT2D eigenvalue weighted by Crippen LogP contribution is -1.92. The number of allylic oxidation sites excluding steroid dienone is 1. The van der Waals surface area contributed by atoms with Crippen molar-refractivity contribution in [1.82, 2.24) is 0 Å². The first-order valence-electron chi connectivity index (χ1n) is 4.60.